The molecule has 4 amide bonds. The Morgan fingerprint density at radius 1 is 0.929 bits per heavy atom. The van der Waals surface area contributed by atoms with Gasteiger partial charge in [0.05, 0.1) is 46.0 Å². The lowest BCUT2D eigenvalue weighted by Gasteiger charge is -2.50. The predicted molar refractivity (Wildman–Crippen MR) is 200 cm³/mol. The van der Waals surface area contributed by atoms with Gasteiger partial charge in [-0.15, -0.1) is 0 Å². The summed E-state index contributed by atoms with van der Waals surface area (Å²) in [5.74, 6) is -8.03. The largest absolute Gasteiger partial charge is 0.504 e. The van der Waals surface area contributed by atoms with E-state index in [9.17, 15) is 32.7 Å². The third-order valence-corrected chi connectivity index (χ3v) is 12.1. The van der Waals surface area contributed by atoms with E-state index in [2.05, 4.69) is 10.4 Å². The van der Waals surface area contributed by atoms with Crippen LogP contribution in [-0.2, 0) is 30.8 Å². The molecule has 2 N–H and O–H groups in total. The Bertz CT molecular complexity index is 2340. The number of allylic oxidation sites excluding steroid dienone is 2. The van der Waals surface area contributed by atoms with Gasteiger partial charge in [-0.2, -0.15) is 18.2 Å². The number of aromatic nitrogens is 1. The summed E-state index contributed by atoms with van der Waals surface area (Å²) in [6.45, 7) is 1.92. The summed E-state index contributed by atoms with van der Waals surface area (Å²) in [6.07, 6.45) is -2.41. The van der Waals surface area contributed by atoms with Gasteiger partial charge in [0.1, 0.15) is 0 Å². The molecule has 3 aromatic carbocycles. The fraction of sp³-hybridized carbons (Fsp3) is 0.275. The fourth-order valence-electron chi connectivity index (χ4n) is 9.02. The molecule has 8 rings (SSSR count). The van der Waals surface area contributed by atoms with E-state index in [4.69, 9.17) is 39.5 Å². The van der Waals surface area contributed by atoms with E-state index < -0.39 is 81.2 Å². The van der Waals surface area contributed by atoms with Gasteiger partial charge in [0.2, 0.25) is 11.8 Å². The highest BCUT2D eigenvalue weighted by molar-refractivity contribution is 6.33. The number of benzene rings is 3. The number of imide groups is 2. The molecule has 16 heteroatoms. The monoisotopic (exact) mass is 824 g/mol. The summed E-state index contributed by atoms with van der Waals surface area (Å²) in [4.78, 5) is 63.7. The highest BCUT2D eigenvalue weighted by Gasteiger charge is 2.71. The Morgan fingerprint density at radius 2 is 1.61 bits per heavy atom. The van der Waals surface area contributed by atoms with Crippen molar-refractivity contribution in [3.05, 3.63) is 122 Å². The maximum atomic E-state index is 15.4. The van der Waals surface area contributed by atoms with Gasteiger partial charge in [-0.05, 0) is 79.8 Å². The number of hydrogen-bond donors (Lipinski definition) is 2. The van der Waals surface area contributed by atoms with Gasteiger partial charge in [0.15, 0.2) is 17.3 Å². The van der Waals surface area contributed by atoms with E-state index in [1.807, 2.05) is 6.08 Å². The van der Waals surface area contributed by atoms with Crippen LogP contribution < -0.4 is 15.1 Å². The van der Waals surface area contributed by atoms with E-state index in [0.717, 1.165) is 4.90 Å². The minimum absolute atomic E-state index is 0.0948. The molecule has 1 aromatic heterocycles. The van der Waals surface area contributed by atoms with Crippen LogP contribution >= 0.6 is 34.8 Å². The minimum atomic E-state index is -4.77. The molecule has 0 spiro atoms. The minimum Gasteiger partial charge on any atom is -0.504 e. The third-order valence-electron chi connectivity index (χ3n) is 11.3. The van der Waals surface area contributed by atoms with Crippen molar-refractivity contribution in [2.24, 2.45) is 23.7 Å². The van der Waals surface area contributed by atoms with Gasteiger partial charge < -0.3 is 9.84 Å². The molecule has 4 aromatic rings. The van der Waals surface area contributed by atoms with Crippen molar-refractivity contribution >= 4 is 69.9 Å². The molecule has 56 heavy (non-hydrogen) atoms. The number of ether oxygens (including phenoxy) is 1. The van der Waals surface area contributed by atoms with Crippen molar-refractivity contribution in [2.75, 3.05) is 16.9 Å². The number of carbonyl (C=O) groups is 4. The number of para-hydroxylation sites is 1. The van der Waals surface area contributed by atoms with Crippen LogP contribution in [0.25, 0.3) is 0 Å². The van der Waals surface area contributed by atoms with Crippen molar-refractivity contribution in [1.82, 2.24) is 9.99 Å². The predicted octanol–water partition coefficient (Wildman–Crippen LogP) is 8.35. The van der Waals surface area contributed by atoms with Crippen LogP contribution in [0, 0.1) is 23.7 Å². The van der Waals surface area contributed by atoms with Gasteiger partial charge in [0.25, 0.3) is 11.8 Å². The second-order valence-electron chi connectivity index (χ2n) is 14.0. The summed E-state index contributed by atoms with van der Waals surface area (Å²) < 4.78 is 46.3. The van der Waals surface area contributed by atoms with E-state index >= 15 is 4.79 Å². The zero-order valence-electron chi connectivity index (χ0n) is 29.2. The standard InChI is InChI=1S/C40H30Cl3F3N4O6/c1-2-56-30-5-3-4-26(33(30)51)32-24-14-15-25-31(37(54)49(35(25)52)23-12-10-22(42)11-13-23)27(24)17-28-36(53)50(38(55)39(28,32)19-6-8-21(41)9-7-19)48-34-29(43)16-20(18-47-34)40(44,45)46/h3-14,16,18,25,27-28,31-32,51H,2,15,17H2,1H3,(H,47,48). The number of anilines is 2. The van der Waals surface area contributed by atoms with Gasteiger partial charge in [-0.3, -0.25) is 29.5 Å². The van der Waals surface area contributed by atoms with E-state index in [-0.39, 0.29) is 36.5 Å². The fourth-order valence-corrected chi connectivity index (χ4v) is 9.48. The van der Waals surface area contributed by atoms with Gasteiger partial charge in [-0.25, -0.2) is 4.98 Å². The van der Waals surface area contributed by atoms with Gasteiger partial charge in [0, 0.05) is 27.7 Å². The van der Waals surface area contributed by atoms with Crippen LogP contribution in [0.4, 0.5) is 24.7 Å². The lowest BCUT2D eigenvalue weighted by molar-refractivity contribution is -0.139. The van der Waals surface area contributed by atoms with Gasteiger partial charge >= 0.3 is 6.18 Å². The lowest BCUT2D eigenvalue weighted by Crippen LogP contribution is -2.53. The Balaban J connectivity index is 1.33. The average Bonchev–Trinajstić information content (AvgIpc) is 3.54. The number of phenolic OH excluding ortho intramolecular Hbond substituents is 1. The molecule has 1 saturated carbocycles. The molecule has 288 valence electrons. The summed E-state index contributed by atoms with van der Waals surface area (Å²) in [7, 11) is 0. The number of halogens is 6. The summed E-state index contributed by atoms with van der Waals surface area (Å²) in [5.41, 5.74) is 1.04. The highest BCUT2D eigenvalue weighted by Crippen LogP contribution is 2.65. The molecular formula is C40H30Cl3F3N4O6. The van der Waals surface area contributed by atoms with Gasteiger partial charge in [-0.1, -0.05) is 70.7 Å². The normalized spacial score (nSPS) is 25.8. The van der Waals surface area contributed by atoms with Crippen molar-refractivity contribution in [3.8, 4) is 11.5 Å². The average molecular weight is 826 g/mol. The maximum Gasteiger partial charge on any atom is 0.417 e. The van der Waals surface area contributed by atoms with Crippen LogP contribution in [0.15, 0.2) is 90.6 Å². The molecule has 6 atom stereocenters. The van der Waals surface area contributed by atoms with E-state index in [0.29, 0.717) is 44.1 Å². The van der Waals surface area contributed by atoms with Crippen LogP contribution in [0.5, 0.6) is 11.5 Å². The molecular weight excluding hydrogens is 796 g/mol. The Kier molecular flexibility index (Phi) is 9.33. The van der Waals surface area contributed by atoms with Crippen LogP contribution in [0.2, 0.25) is 15.1 Å². The highest BCUT2D eigenvalue weighted by atomic mass is 35.5. The molecule has 0 radical (unpaired) electrons. The van der Waals surface area contributed by atoms with Crippen LogP contribution in [-0.4, -0.2) is 45.3 Å². The van der Waals surface area contributed by atoms with E-state index in [1.54, 1.807) is 73.7 Å². The van der Waals surface area contributed by atoms with Crippen LogP contribution in [0.3, 0.4) is 0 Å². The van der Waals surface area contributed by atoms with Crippen molar-refractivity contribution in [1.29, 1.82) is 0 Å². The van der Waals surface area contributed by atoms with Crippen molar-refractivity contribution in [3.63, 3.8) is 0 Å². The number of phenols is 1. The number of nitrogens with one attached hydrogen (secondary N) is 1. The van der Waals surface area contributed by atoms with Crippen molar-refractivity contribution in [2.45, 2.75) is 37.3 Å². The number of hydrazine groups is 1. The number of fused-ring (bicyclic) bond motifs is 4. The molecule has 6 unspecified atom stereocenters. The Hall–Kier alpha value is -5.11. The number of aromatic hydroxyl groups is 1. The molecule has 2 saturated heterocycles. The number of carbonyl (C=O) groups excluding carboxylic acids is 4. The number of alkyl halides is 3. The smallest absolute Gasteiger partial charge is 0.417 e. The lowest BCUT2D eigenvalue weighted by atomic mass is 9.49. The summed E-state index contributed by atoms with van der Waals surface area (Å²) in [5, 5.41) is 12.8. The molecule has 0 bridgehead atoms. The number of rotatable bonds is 7. The third kappa shape index (κ3) is 5.73. The summed E-state index contributed by atoms with van der Waals surface area (Å²) in [6, 6.07) is 18.0. The Labute approximate surface area is 332 Å². The topological polar surface area (TPSA) is 129 Å². The number of nitrogens with zero attached hydrogens (tertiary/aromatic N) is 3. The second kappa shape index (κ2) is 13.8. The maximum absolute atomic E-state index is 15.4. The Morgan fingerprint density at radius 3 is 2.25 bits per heavy atom. The zero-order valence-corrected chi connectivity index (χ0v) is 31.5. The SMILES string of the molecule is CCOc1cccc(C2C3=CCC4C(=O)N(c5ccc(Cl)cc5)C(=O)C4C3CC3C(=O)N(Nc4ncc(C(F)(F)F)cc4Cl)C(=O)C32c2ccc(Cl)cc2)c1O. The zero-order chi connectivity index (χ0) is 39.8. The number of pyridine rings is 1. The first-order valence-electron chi connectivity index (χ1n) is 17.6. The first kappa shape index (κ1) is 37.8. The molecule has 2 aliphatic heterocycles. The molecule has 3 heterocycles. The first-order chi connectivity index (χ1) is 26.7. The summed E-state index contributed by atoms with van der Waals surface area (Å²) >= 11 is 18.7. The molecule has 2 aliphatic carbocycles. The number of amides is 4. The second-order valence-corrected chi connectivity index (χ2v) is 15.3. The first-order valence-corrected chi connectivity index (χ1v) is 18.7. The van der Waals surface area contributed by atoms with Crippen LogP contribution in [0.1, 0.15) is 42.4 Å². The quantitative estimate of drug-likeness (QED) is 0.141. The molecule has 4 aliphatic rings. The molecule has 3 fully saturated rings. The van der Waals surface area contributed by atoms with E-state index in [1.165, 1.54) is 0 Å². The molecule has 10 nitrogen and oxygen atoms in total. The van der Waals surface area contributed by atoms with Crippen molar-refractivity contribution < 1.29 is 42.2 Å². The number of hydrogen-bond acceptors (Lipinski definition) is 8.